The Bertz CT molecular complexity index is 1700. The number of para-hydroxylation sites is 2. The van der Waals surface area contributed by atoms with Gasteiger partial charge in [-0.2, -0.15) is 4.99 Å². The van der Waals surface area contributed by atoms with Crippen molar-refractivity contribution in [3.8, 4) is 11.5 Å². The lowest BCUT2D eigenvalue weighted by atomic mass is 10.0. The van der Waals surface area contributed by atoms with Gasteiger partial charge in [-0.25, -0.2) is 9.78 Å². The summed E-state index contributed by atoms with van der Waals surface area (Å²) in [6.45, 7) is 2.70. The molecule has 12 heteroatoms. The number of carbonyl (C=O) groups is 3. The molecule has 2 amide bonds. The summed E-state index contributed by atoms with van der Waals surface area (Å²) >= 11 is 0. The van der Waals surface area contributed by atoms with Gasteiger partial charge in [0.05, 0.1) is 20.1 Å². The average Bonchev–Trinajstić information content (AvgIpc) is 3.11. The molecule has 0 spiro atoms. The van der Waals surface area contributed by atoms with Crippen LogP contribution in [-0.4, -0.2) is 55.6 Å². The second-order valence-electron chi connectivity index (χ2n) is 10.7. The molecule has 0 aliphatic rings. The van der Waals surface area contributed by atoms with Gasteiger partial charge in [-0.05, 0) is 72.6 Å². The fraction of sp³-hybridized carbons (Fsp3) is 0.250. The Hall–Kier alpha value is -5.75. The van der Waals surface area contributed by atoms with Gasteiger partial charge in [-0.1, -0.05) is 43.7 Å². The number of nitrogens with two attached hydrogens (primary N) is 2. The van der Waals surface area contributed by atoms with E-state index in [-0.39, 0.29) is 24.7 Å². The van der Waals surface area contributed by atoms with Crippen molar-refractivity contribution in [2.75, 3.05) is 37.0 Å². The molecule has 1 atom stereocenters. The third-order valence-corrected chi connectivity index (χ3v) is 7.21. The highest BCUT2D eigenvalue weighted by Gasteiger charge is 2.22. The molecule has 0 radical (unpaired) electrons. The maximum absolute atomic E-state index is 13.8. The molecule has 1 heterocycles. The number of anilines is 2. The maximum atomic E-state index is 13.8. The lowest BCUT2D eigenvalue weighted by Crippen LogP contribution is -2.34. The van der Waals surface area contributed by atoms with E-state index in [1.165, 1.54) is 12.0 Å². The quantitative estimate of drug-likeness (QED) is 0.0491. The molecule has 4 aromatic rings. The minimum absolute atomic E-state index is 0.0346. The topological polar surface area (TPSA) is 171 Å². The Labute approximate surface area is 279 Å². The number of carbonyl (C=O) groups excluding carboxylic acids is 3. The van der Waals surface area contributed by atoms with Crippen LogP contribution in [0.3, 0.4) is 0 Å². The van der Waals surface area contributed by atoms with E-state index in [0.29, 0.717) is 41.6 Å². The molecule has 0 saturated carbocycles. The van der Waals surface area contributed by atoms with Gasteiger partial charge in [-0.15, -0.1) is 0 Å². The van der Waals surface area contributed by atoms with Crippen molar-refractivity contribution in [2.45, 2.75) is 32.2 Å². The number of hydrogen-bond acceptors (Lipinski definition) is 9. The first-order chi connectivity index (χ1) is 23.3. The van der Waals surface area contributed by atoms with E-state index in [0.717, 1.165) is 24.1 Å². The van der Waals surface area contributed by atoms with Gasteiger partial charge >= 0.3 is 12.1 Å². The van der Waals surface area contributed by atoms with E-state index < -0.39 is 18.1 Å². The zero-order valence-electron chi connectivity index (χ0n) is 27.0. The van der Waals surface area contributed by atoms with Gasteiger partial charge in [-0.3, -0.25) is 14.5 Å². The zero-order valence-corrected chi connectivity index (χ0v) is 27.0. The smallest absolute Gasteiger partial charge is 0.435 e. The van der Waals surface area contributed by atoms with E-state index in [9.17, 15) is 14.4 Å². The van der Waals surface area contributed by atoms with Gasteiger partial charge in [0.15, 0.2) is 11.5 Å². The molecular formula is C36H40N6O6. The first-order valence-electron chi connectivity index (χ1n) is 15.6. The minimum Gasteiger partial charge on any atom is -0.493 e. The Morgan fingerprint density at radius 1 is 0.938 bits per heavy atom. The normalized spacial score (nSPS) is 11.7. The lowest BCUT2D eigenvalue weighted by molar-refractivity contribution is -0.134. The van der Waals surface area contributed by atoms with Crippen LogP contribution in [-0.2, 0) is 9.53 Å². The minimum atomic E-state index is -0.718. The third kappa shape index (κ3) is 10.1. The average molecular weight is 653 g/mol. The van der Waals surface area contributed by atoms with Crippen LogP contribution < -0.4 is 31.2 Å². The van der Waals surface area contributed by atoms with E-state index in [1.807, 2.05) is 13.0 Å². The summed E-state index contributed by atoms with van der Waals surface area (Å²) in [5.41, 5.74) is 15.0. The molecule has 4 rings (SSSR count). The molecule has 3 aromatic carbocycles. The first-order valence-corrected chi connectivity index (χ1v) is 15.6. The van der Waals surface area contributed by atoms with E-state index >= 15 is 0 Å². The lowest BCUT2D eigenvalue weighted by Gasteiger charge is -2.22. The van der Waals surface area contributed by atoms with Gasteiger partial charge in [0, 0.05) is 42.1 Å². The highest BCUT2D eigenvalue weighted by atomic mass is 16.6. The van der Waals surface area contributed by atoms with Crippen LogP contribution in [0.1, 0.15) is 53.7 Å². The first kappa shape index (κ1) is 35.1. The molecule has 0 saturated heterocycles. The number of aromatic nitrogens is 1. The molecule has 1 unspecified atom stereocenters. The summed E-state index contributed by atoms with van der Waals surface area (Å²) in [6, 6.07) is 25.7. The summed E-state index contributed by atoms with van der Waals surface area (Å²) in [5.74, 6) is 0.317. The molecule has 250 valence electrons. The molecule has 12 nitrogen and oxygen atoms in total. The van der Waals surface area contributed by atoms with Gasteiger partial charge < -0.3 is 31.0 Å². The number of nitrogens with one attached hydrogen (secondary N) is 1. The Morgan fingerprint density at radius 2 is 1.69 bits per heavy atom. The number of rotatable bonds is 15. The number of ether oxygens (including phenoxy) is 3. The summed E-state index contributed by atoms with van der Waals surface area (Å²) < 4.78 is 15.8. The summed E-state index contributed by atoms with van der Waals surface area (Å²) in [5, 5.41) is 3.28. The van der Waals surface area contributed by atoms with Crippen molar-refractivity contribution in [1.29, 1.82) is 0 Å². The van der Waals surface area contributed by atoms with Gasteiger partial charge in [0.2, 0.25) is 0 Å². The molecule has 1 aromatic heterocycles. The van der Waals surface area contributed by atoms with Crippen molar-refractivity contribution >= 4 is 35.3 Å². The number of aliphatic imine (C=N–C) groups is 1. The van der Waals surface area contributed by atoms with Crippen molar-refractivity contribution in [1.82, 2.24) is 4.98 Å². The predicted octanol–water partition coefficient (Wildman–Crippen LogP) is 5.49. The summed E-state index contributed by atoms with van der Waals surface area (Å²) in [4.78, 5) is 48.0. The Balaban J connectivity index is 1.39. The fourth-order valence-electron chi connectivity index (χ4n) is 4.58. The number of benzene rings is 3. The summed E-state index contributed by atoms with van der Waals surface area (Å²) in [7, 11) is 1.49. The number of unbranched alkanes of at least 4 members (excludes halogenated alkanes) is 1. The predicted molar refractivity (Wildman–Crippen MR) is 184 cm³/mol. The molecular weight excluding hydrogens is 612 g/mol. The monoisotopic (exact) mass is 652 g/mol. The number of amidine groups is 1. The molecule has 0 aliphatic heterocycles. The Kier molecular flexibility index (Phi) is 13.0. The molecule has 0 aliphatic carbocycles. The second kappa shape index (κ2) is 17.8. The van der Waals surface area contributed by atoms with Crippen molar-refractivity contribution in [3.63, 3.8) is 0 Å². The molecule has 0 bridgehead atoms. The highest BCUT2D eigenvalue weighted by molar-refractivity contribution is 6.06. The number of methoxy groups -OCH3 is 1. The molecule has 5 N–H and O–H groups in total. The van der Waals surface area contributed by atoms with Crippen molar-refractivity contribution in [2.24, 2.45) is 16.5 Å². The number of amides is 2. The number of esters is 1. The number of hydrogen-bond donors (Lipinski definition) is 3. The van der Waals surface area contributed by atoms with Crippen LogP contribution in [0.4, 0.5) is 16.3 Å². The van der Waals surface area contributed by atoms with Crippen LogP contribution in [0.15, 0.2) is 102 Å². The van der Waals surface area contributed by atoms with E-state index in [2.05, 4.69) is 15.3 Å². The van der Waals surface area contributed by atoms with E-state index in [1.54, 1.807) is 91.1 Å². The Morgan fingerprint density at radius 3 is 2.40 bits per heavy atom. The van der Waals surface area contributed by atoms with E-state index in [4.69, 9.17) is 25.7 Å². The fourth-order valence-corrected chi connectivity index (χ4v) is 4.58. The van der Waals surface area contributed by atoms with Gasteiger partial charge in [0.25, 0.3) is 5.91 Å². The number of pyridine rings is 1. The highest BCUT2D eigenvalue weighted by Crippen LogP contribution is 2.26. The second-order valence-corrected chi connectivity index (χ2v) is 10.7. The van der Waals surface area contributed by atoms with Crippen LogP contribution in [0.25, 0.3) is 0 Å². The molecule has 0 fully saturated rings. The SMILES string of the molecule is CCCCOC(=O)/N=C(\N)c1ccc(NCC(N)c2cccc(C(=O)N(CCC(=O)Oc3ccccc3OC)c3ccccn3)c2)cc1. The van der Waals surface area contributed by atoms with Crippen molar-refractivity contribution < 1.29 is 28.6 Å². The maximum Gasteiger partial charge on any atom is 0.435 e. The summed E-state index contributed by atoms with van der Waals surface area (Å²) in [6.07, 6.45) is 2.45. The van der Waals surface area contributed by atoms with Gasteiger partial charge in [0.1, 0.15) is 11.7 Å². The van der Waals surface area contributed by atoms with Crippen LogP contribution in [0, 0.1) is 0 Å². The largest absolute Gasteiger partial charge is 0.493 e. The molecule has 48 heavy (non-hydrogen) atoms. The van der Waals surface area contributed by atoms with Crippen LogP contribution >= 0.6 is 0 Å². The van der Waals surface area contributed by atoms with Crippen LogP contribution in [0.5, 0.6) is 11.5 Å². The third-order valence-electron chi connectivity index (χ3n) is 7.21. The number of nitrogens with zero attached hydrogens (tertiary/aromatic N) is 3. The van der Waals surface area contributed by atoms with Crippen molar-refractivity contribution in [3.05, 3.63) is 114 Å². The standard InChI is InChI=1S/C36H40N6O6/c1-3-4-22-47-36(45)41-34(38)25-15-17-28(18-16-25)40-24-29(37)26-10-9-11-27(23-26)35(44)42(32-14-7-8-20-39-32)21-19-33(43)48-31-13-6-5-12-30(31)46-2/h5-18,20,23,29,40H,3-4,19,21-22,24,37H2,1-2H3,(H2,38,41,45). The van der Waals surface area contributed by atoms with Crippen LogP contribution in [0.2, 0.25) is 0 Å². The zero-order chi connectivity index (χ0) is 34.3.